The van der Waals surface area contributed by atoms with Gasteiger partial charge in [-0.2, -0.15) is 0 Å². The molecule has 0 spiro atoms. The zero-order chi connectivity index (χ0) is 12.5. The minimum absolute atomic E-state index is 0. The standard InChI is InChI=1S/C14H21NO2.ClH/c1-13(2)10-17-14(3,15-13)9-11-5-7-12(16-4)8-6-11;/h5-8,15H,9-10H2,1-4H3;1H. The molecular formula is C14H22ClNO2. The van der Waals surface area contributed by atoms with Crippen LogP contribution in [0, 0.1) is 0 Å². The number of hydrogen-bond donors (Lipinski definition) is 1. The van der Waals surface area contributed by atoms with Gasteiger partial charge in [-0.3, -0.25) is 5.32 Å². The van der Waals surface area contributed by atoms with Crippen LogP contribution < -0.4 is 10.1 Å². The van der Waals surface area contributed by atoms with Crippen LogP contribution in [0.3, 0.4) is 0 Å². The monoisotopic (exact) mass is 271 g/mol. The lowest BCUT2D eigenvalue weighted by Crippen LogP contribution is -2.47. The van der Waals surface area contributed by atoms with Crippen LogP contribution in [0.5, 0.6) is 5.75 Å². The second-order valence-corrected chi connectivity index (χ2v) is 5.55. The Balaban J connectivity index is 0.00000162. The summed E-state index contributed by atoms with van der Waals surface area (Å²) in [4.78, 5) is 0. The minimum atomic E-state index is -0.266. The molecule has 1 atom stereocenters. The number of nitrogens with one attached hydrogen (secondary N) is 1. The molecule has 0 bridgehead atoms. The number of hydrogen-bond acceptors (Lipinski definition) is 3. The number of methoxy groups -OCH3 is 1. The Hall–Kier alpha value is -0.770. The van der Waals surface area contributed by atoms with Crippen molar-refractivity contribution in [1.82, 2.24) is 5.32 Å². The third kappa shape index (κ3) is 3.61. The van der Waals surface area contributed by atoms with Crippen LogP contribution >= 0.6 is 12.4 Å². The third-order valence-corrected chi connectivity index (χ3v) is 3.05. The fraction of sp³-hybridized carbons (Fsp3) is 0.571. The molecular weight excluding hydrogens is 250 g/mol. The van der Waals surface area contributed by atoms with Crippen molar-refractivity contribution in [2.24, 2.45) is 0 Å². The fourth-order valence-corrected chi connectivity index (χ4v) is 2.36. The average molecular weight is 272 g/mol. The molecule has 18 heavy (non-hydrogen) atoms. The third-order valence-electron chi connectivity index (χ3n) is 3.05. The molecule has 1 aromatic carbocycles. The van der Waals surface area contributed by atoms with Crippen LogP contribution in [0.2, 0.25) is 0 Å². The van der Waals surface area contributed by atoms with Gasteiger partial charge in [-0.05, 0) is 38.5 Å². The van der Waals surface area contributed by atoms with Crippen LogP contribution in [0.4, 0.5) is 0 Å². The molecule has 0 aliphatic carbocycles. The van der Waals surface area contributed by atoms with E-state index in [2.05, 4.69) is 38.2 Å². The molecule has 1 N–H and O–H groups in total. The summed E-state index contributed by atoms with van der Waals surface area (Å²) < 4.78 is 11.0. The van der Waals surface area contributed by atoms with Gasteiger partial charge in [-0.15, -0.1) is 12.4 Å². The normalized spacial score (nSPS) is 25.6. The fourth-order valence-electron chi connectivity index (χ4n) is 2.36. The van der Waals surface area contributed by atoms with Crippen molar-refractivity contribution in [3.8, 4) is 5.75 Å². The summed E-state index contributed by atoms with van der Waals surface area (Å²) in [5.74, 6) is 0.888. The molecule has 0 saturated carbocycles. The van der Waals surface area contributed by atoms with Crippen molar-refractivity contribution in [2.45, 2.75) is 38.5 Å². The van der Waals surface area contributed by atoms with Crippen LogP contribution in [0.15, 0.2) is 24.3 Å². The predicted octanol–water partition coefficient (Wildman–Crippen LogP) is 2.77. The van der Waals surface area contributed by atoms with E-state index in [1.165, 1.54) is 5.56 Å². The summed E-state index contributed by atoms with van der Waals surface area (Å²) in [5.41, 5.74) is 1.04. The van der Waals surface area contributed by atoms with Gasteiger partial charge in [0, 0.05) is 12.0 Å². The summed E-state index contributed by atoms with van der Waals surface area (Å²) in [6.07, 6.45) is 0.862. The summed E-state index contributed by atoms with van der Waals surface area (Å²) >= 11 is 0. The topological polar surface area (TPSA) is 30.5 Å². The first-order chi connectivity index (χ1) is 7.92. The lowest BCUT2D eigenvalue weighted by molar-refractivity contribution is 0.00669. The number of rotatable bonds is 3. The van der Waals surface area contributed by atoms with Crippen molar-refractivity contribution in [3.05, 3.63) is 29.8 Å². The zero-order valence-electron chi connectivity index (χ0n) is 11.4. The molecule has 1 saturated heterocycles. The Labute approximate surface area is 115 Å². The molecule has 1 aliphatic heterocycles. The maximum atomic E-state index is 5.87. The summed E-state index contributed by atoms with van der Waals surface area (Å²) in [6.45, 7) is 7.17. The van der Waals surface area contributed by atoms with E-state index in [1.807, 2.05) is 12.1 Å². The van der Waals surface area contributed by atoms with Gasteiger partial charge >= 0.3 is 0 Å². The first kappa shape index (κ1) is 15.3. The van der Waals surface area contributed by atoms with Crippen molar-refractivity contribution in [3.63, 3.8) is 0 Å². The van der Waals surface area contributed by atoms with Gasteiger partial charge in [-0.1, -0.05) is 12.1 Å². The molecule has 2 rings (SSSR count). The second kappa shape index (κ2) is 5.47. The summed E-state index contributed by atoms with van der Waals surface area (Å²) in [6, 6.07) is 8.14. The molecule has 1 unspecified atom stereocenters. The quantitative estimate of drug-likeness (QED) is 0.917. The highest BCUT2D eigenvalue weighted by molar-refractivity contribution is 5.85. The first-order valence-electron chi connectivity index (χ1n) is 5.99. The largest absolute Gasteiger partial charge is 0.497 e. The van der Waals surface area contributed by atoms with Gasteiger partial charge in [0.05, 0.1) is 13.7 Å². The van der Waals surface area contributed by atoms with Crippen LogP contribution in [-0.2, 0) is 11.2 Å². The Morgan fingerprint density at radius 3 is 2.28 bits per heavy atom. The highest BCUT2D eigenvalue weighted by Crippen LogP contribution is 2.26. The lowest BCUT2D eigenvalue weighted by Gasteiger charge is -2.26. The first-order valence-corrected chi connectivity index (χ1v) is 5.99. The SMILES string of the molecule is COc1ccc(CC2(C)NC(C)(C)CO2)cc1.Cl. The van der Waals surface area contributed by atoms with E-state index in [9.17, 15) is 0 Å². The minimum Gasteiger partial charge on any atom is -0.497 e. The van der Waals surface area contributed by atoms with E-state index in [1.54, 1.807) is 7.11 Å². The number of ether oxygens (including phenoxy) is 2. The van der Waals surface area contributed by atoms with Gasteiger partial charge < -0.3 is 9.47 Å². The van der Waals surface area contributed by atoms with Crippen LogP contribution in [0.25, 0.3) is 0 Å². The molecule has 0 radical (unpaired) electrons. The van der Waals surface area contributed by atoms with Gasteiger partial charge in [0.25, 0.3) is 0 Å². The molecule has 0 amide bonds. The van der Waals surface area contributed by atoms with E-state index in [-0.39, 0.29) is 23.7 Å². The van der Waals surface area contributed by atoms with E-state index < -0.39 is 0 Å². The summed E-state index contributed by atoms with van der Waals surface area (Å²) in [5, 5.41) is 3.53. The van der Waals surface area contributed by atoms with Crippen LogP contribution in [0.1, 0.15) is 26.3 Å². The highest BCUT2D eigenvalue weighted by Gasteiger charge is 2.39. The van der Waals surface area contributed by atoms with Crippen LogP contribution in [-0.4, -0.2) is 25.0 Å². The zero-order valence-corrected chi connectivity index (χ0v) is 12.3. The molecule has 4 heteroatoms. The predicted molar refractivity (Wildman–Crippen MR) is 75.5 cm³/mol. The molecule has 0 aromatic heterocycles. The van der Waals surface area contributed by atoms with Gasteiger partial charge in [0.1, 0.15) is 11.5 Å². The molecule has 1 heterocycles. The maximum absolute atomic E-state index is 5.87. The van der Waals surface area contributed by atoms with Crippen molar-refractivity contribution in [2.75, 3.05) is 13.7 Å². The van der Waals surface area contributed by atoms with Gasteiger partial charge in [0.2, 0.25) is 0 Å². The van der Waals surface area contributed by atoms with E-state index in [0.29, 0.717) is 0 Å². The van der Waals surface area contributed by atoms with E-state index in [0.717, 1.165) is 18.8 Å². The Bertz CT molecular complexity index is 391. The Morgan fingerprint density at radius 1 is 1.22 bits per heavy atom. The van der Waals surface area contributed by atoms with Crippen molar-refractivity contribution in [1.29, 1.82) is 0 Å². The lowest BCUT2D eigenvalue weighted by atomic mass is 10.0. The van der Waals surface area contributed by atoms with Crippen molar-refractivity contribution < 1.29 is 9.47 Å². The smallest absolute Gasteiger partial charge is 0.121 e. The van der Waals surface area contributed by atoms with Gasteiger partial charge in [0.15, 0.2) is 0 Å². The molecule has 1 fully saturated rings. The van der Waals surface area contributed by atoms with E-state index in [4.69, 9.17) is 9.47 Å². The Kier molecular flexibility index (Phi) is 4.65. The second-order valence-electron chi connectivity index (χ2n) is 5.55. The molecule has 1 aliphatic rings. The van der Waals surface area contributed by atoms with Gasteiger partial charge in [-0.25, -0.2) is 0 Å². The summed E-state index contributed by atoms with van der Waals surface area (Å²) in [7, 11) is 1.68. The molecule has 102 valence electrons. The maximum Gasteiger partial charge on any atom is 0.121 e. The Morgan fingerprint density at radius 2 is 1.83 bits per heavy atom. The molecule has 1 aromatic rings. The van der Waals surface area contributed by atoms with Crippen molar-refractivity contribution >= 4 is 12.4 Å². The number of benzene rings is 1. The molecule has 3 nitrogen and oxygen atoms in total. The average Bonchev–Trinajstić information content (AvgIpc) is 2.54. The van der Waals surface area contributed by atoms with E-state index >= 15 is 0 Å². The number of halogens is 1. The highest BCUT2D eigenvalue weighted by atomic mass is 35.5.